The van der Waals surface area contributed by atoms with Crippen LogP contribution in [0.25, 0.3) is 0 Å². The summed E-state index contributed by atoms with van der Waals surface area (Å²) in [5.74, 6) is 5.45. The zero-order valence-electron chi connectivity index (χ0n) is 9.49. The molecule has 0 aromatic heterocycles. The highest BCUT2D eigenvalue weighted by molar-refractivity contribution is 5.92. The van der Waals surface area contributed by atoms with Crippen LogP contribution in [0.4, 0.5) is 0 Å². The molecule has 0 heterocycles. The predicted octanol–water partition coefficient (Wildman–Crippen LogP) is 2.79. The minimum absolute atomic E-state index is 0.357. The lowest BCUT2D eigenvalue weighted by Gasteiger charge is -2.00. The second-order valence-corrected chi connectivity index (χ2v) is 3.12. The van der Waals surface area contributed by atoms with Gasteiger partial charge in [-0.15, -0.1) is 0 Å². The first-order valence-corrected chi connectivity index (χ1v) is 5.13. The number of benzene rings is 1. The maximum absolute atomic E-state index is 11.4. The Labute approximate surface area is 95.9 Å². The molecule has 0 radical (unpaired) electrons. The van der Waals surface area contributed by atoms with Crippen molar-refractivity contribution in [2.75, 3.05) is 7.11 Å². The van der Waals surface area contributed by atoms with Gasteiger partial charge in [0, 0.05) is 5.56 Å². The highest BCUT2D eigenvalue weighted by Crippen LogP contribution is 2.08. The van der Waals surface area contributed by atoms with Crippen LogP contribution >= 0.6 is 0 Å². The molecule has 1 aromatic rings. The van der Waals surface area contributed by atoms with E-state index in [9.17, 15) is 4.79 Å². The molecule has 16 heavy (non-hydrogen) atoms. The molecule has 1 aromatic carbocycles. The molecule has 1 rings (SSSR count). The van der Waals surface area contributed by atoms with Crippen LogP contribution in [0, 0.1) is 11.8 Å². The zero-order chi connectivity index (χ0) is 11.8. The van der Waals surface area contributed by atoms with E-state index < -0.39 is 0 Å². The van der Waals surface area contributed by atoms with Crippen LogP contribution in [0.15, 0.2) is 36.4 Å². The van der Waals surface area contributed by atoms with Crippen LogP contribution in [0.5, 0.6) is 0 Å². The van der Waals surface area contributed by atoms with E-state index in [2.05, 4.69) is 16.6 Å². The number of hydrogen-bond acceptors (Lipinski definition) is 2. The average Bonchev–Trinajstić information content (AvgIpc) is 2.34. The van der Waals surface area contributed by atoms with Gasteiger partial charge in [-0.2, -0.15) is 0 Å². The van der Waals surface area contributed by atoms with Crippen LogP contribution in [0.2, 0.25) is 0 Å². The van der Waals surface area contributed by atoms with Crippen molar-refractivity contribution >= 4 is 5.97 Å². The Morgan fingerprint density at radius 3 is 2.88 bits per heavy atom. The van der Waals surface area contributed by atoms with E-state index in [0.717, 1.165) is 6.42 Å². The van der Waals surface area contributed by atoms with Gasteiger partial charge >= 0.3 is 5.97 Å². The summed E-state index contributed by atoms with van der Waals surface area (Å²) in [5.41, 5.74) is 1.19. The zero-order valence-corrected chi connectivity index (χ0v) is 9.49. The second kappa shape index (κ2) is 6.47. The number of rotatable bonds is 2. The molecule has 2 nitrogen and oxygen atoms in total. The summed E-state index contributed by atoms with van der Waals surface area (Å²) in [7, 11) is 1.36. The summed E-state index contributed by atoms with van der Waals surface area (Å²) in [4.78, 5) is 11.4. The maximum atomic E-state index is 11.4. The smallest absolute Gasteiger partial charge is 0.339 e. The highest BCUT2D eigenvalue weighted by atomic mass is 16.5. The van der Waals surface area contributed by atoms with E-state index >= 15 is 0 Å². The molecule has 0 atom stereocenters. The van der Waals surface area contributed by atoms with Gasteiger partial charge in [0.05, 0.1) is 12.7 Å². The first kappa shape index (κ1) is 12.1. The molecule has 2 heteroatoms. The Morgan fingerprint density at radius 2 is 2.19 bits per heavy atom. The number of ether oxygens (including phenoxy) is 1. The van der Waals surface area contributed by atoms with E-state index in [4.69, 9.17) is 0 Å². The largest absolute Gasteiger partial charge is 0.465 e. The Balaban J connectivity index is 2.98. The summed E-state index contributed by atoms with van der Waals surface area (Å²) in [6.07, 6.45) is 4.70. The monoisotopic (exact) mass is 214 g/mol. The summed E-state index contributed by atoms with van der Waals surface area (Å²) in [6, 6.07) is 7.15. The van der Waals surface area contributed by atoms with Crippen molar-refractivity contribution in [1.29, 1.82) is 0 Å². The molecule has 0 saturated carbocycles. The standard InChI is InChI=1S/C14H14O2/c1-3-4-5-6-9-12-10-7-8-11-13(12)14(15)16-2/h4-5,7-8,10-11H,3H2,1-2H3/b5-4+. The van der Waals surface area contributed by atoms with Gasteiger partial charge < -0.3 is 4.74 Å². The summed E-state index contributed by atoms with van der Waals surface area (Å²) >= 11 is 0. The Bertz CT molecular complexity index is 447. The number of methoxy groups -OCH3 is 1. The number of esters is 1. The van der Waals surface area contributed by atoms with Gasteiger partial charge in [0.15, 0.2) is 0 Å². The van der Waals surface area contributed by atoms with Crippen molar-refractivity contribution in [2.24, 2.45) is 0 Å². The van der Waals surface area contributed by atoms with Crippen molar-refractivity contribution in [3.63, 3.8) is 0 Å². The molecule has 0 amide bonds. The van der Waals surface area contributed by atoms with Crippen molar-refractivity contribution < 1.29 is 9.53 Å². The molecule has 82 valence electrons. The maximum Gasteiger partial charge on any atom is 0.339 e. The molecule has 0 spiro atoms. The van der Waals surface area contributed by atoms with Crippen LogP contribution in [-0.4, -0.2) is 13.1 Å². The average molecular weight is 214 g/mol. The minimum Gasteiger partial charge on any atom is -0.465 e. The second-order valence-electron chi connectivity index (χ2n) is 3.12. The Morgan fingerprint density at radius 1 is 1.44 bits per heavy atom. The Kier molecular flexibility index (Phi) is 4.88. The molecular weight excluding hydrogens is 200 g/mol. The van der Waals surface area contributed by atoms with Crippen LogP contribution in [0.3, 0.4) is 0 Å². The van der Waals surface area contributed by atoms with Crippen molar-refractivity contribution in [1.82, 2.24) is 0 Å². The molecule has 0 aliphatic carbocycles. The molecule has 0 aliphatic heterocycles. The number of carbonyl (C=O) groups excluding carboxylic acids is 1. The van der Waals surface area contributed by atoms with Crippen LogP contribution in [0.1, 0.15) is 29.3 Å². The fourth-order valence-corrected chi connectivity index (χ4v) is 1.18. The summed E-state index contributed by atoms with van der Waals surface area (Å²) < 4.78 is 4.68. The third-order valence-corrected chi connectivity index (χ3v) is 1.98. The number of allylic oxidation sites excluding steroid dienone is 2. The molecular formula is C14H14O2. The summed E-state index contributed by atoms with van der Waals surface area (Å²) in [6.45, 7) is 2.04. The van der Waals surface area contributed by atoms with E-state index in [1.165, 1.54) is 7.11 Å². The van der Waals surface area contributed by atoms with E-state index in [1.54, 1.807) is 24.3 Å². The van der Waals surface area contributed by atoms with E-state index in [1.807, 2.05) is 19.1 Å². The third kappa shape index (κ3) is 3.29. The SMILES string of the molecule is CC/C=C/C#Cc1ccccc1C(=O)OC. The quantitative estimate of drug-likeness (QED) is 0.559. The summed E-state index contributed by atoms with van der Waals surface area (Å²) in [5, 5.41) is 0. The van der Waals surface area contributed by atoms with Gasteiger partial charge in [-0.1, -0.05) is 37.0 Å². The topological polar surface area (TPSA) is 26.3 Å². The molecule has 0 bridgehead atoms. The van der Waals surface area contributed by atoms with Gasteiger partial charge in [0.1, 0.15) is 0 Å². The van der Waals surface area contributed by atoms with Gasteiger partial charge in [-0.25, -0.2) is 4.79 Å². The van der Waals surface area contributed by atoms with Gasteiger partial charge in [0.2, 0.25) is 0 Å². The third-order valence-electron chi connectivity index (χ3n) is 1.98. The number of carbonyl (C=O) groups is 1. The van der Waals surface area contributed by atoms with Gasteiger partial charge in [-0.05, 0) is 24.6 Å². The fourth-order valence-electron chi connectivity index (χ4n) is 1.18. The minimum atomic E-state index is -0.357. The fraction of sp³-hybridized carbons (Fsp3) is 0.214. The molecule has 0 fully saturated rings. The van der Waals surface area contributed by atoms with Gasteiger partial charge in [-0.3, -0.25) is 0 Å². The predicted molar refractivity (Wildman–Crippen MR) is 64.1 cm³/mol. The first-order valence-electron chi connectivity index (χ1n) is 5.13. The highest BCUT2D eigenvalue weighted by Gasteiger charge is 2.08. The first-order chi connectivity index (χ1) is 7.79. The normalized spacial score (nSPS) is 9.62. The lowest BCUT2D eigenvalue weighted by Crippen LogP contribution is -2.03. The molecule has 0 saturated heterocycles. The number of hydrogen-bond donors (Lipinski definition) is 0. The molecule has 0 N–H and O–H groups in total. The van der Waals surface area contributed by atoms with Gasteiger partial charge in [0.25, 0.3) is 0 Å². The van der Waals surface area contributed by atoms with Crippen molar-refractivity contribution in [3.05, 3.63) is 47.5 Å². The molecule has 0 unspecified atom stereocenters. The Hall–Kier alpha value is -2.01. The van der Waals surface area contributed by atoms with Crippen molar-refractivity contribution in [3.8, 4) is 11.8 Å². The van der Waals surface area contributed by atoms with Crippen LogP contribution in [-0.2, 0) is 4.74 Å². The lowest BCUT2D eigenvalue weighted by atomic mass is 10.1. The van der Waals surface area contributed by atoms with Crippen molar-refractivity contribution in [2.45, 2.75) is 13.3 Å². The van der Waals surface area contributed by atoms with Crippen LogP contribution < -0.4 is 0 Å². The van der Waals surface area contributed by atoms with E-state index in [-0.39, 0.29) is 5.97 Å². The van der Waals surface area contributed by atoms with E-state index in [0.29, 0.717) is 11.1 Å². The lowest BCUT2D eigenvalue weighted by molar-refractivity contribution is 0.0600. The molecule has 0 aliphatic rings.